The summed E-state index contributed by atoms with van der Waals surface area (Å²) in [7, 11) is 0. The molecule has 0 spiro atoms. The molecular formula is C19H19NO3. The Bertz CT molecular complexity index is 678. The predicted molar refractivity (Wildman–Crippen MR) is 87.0 cm³/mol. The van der Waals surface area contributed by atoms with E-state index in [0.717, 1.165) is 16.9 Å². The molecule has 0 N–H and O–H groups in total. The van der Waals surface area contributed by atoms with Crippen LogP contribution in [0.2, 0.25) is 0 Å². The number of benzene rings is 2. The van der Waals surface area contributed by atoms with Crippen molar-refractivity contribution in [2.24, 2.45) is 0 Å². The lowest BCUT2D eigenvalue weighted by Crippen LogP contribution is -2.34. The second-order valence-electron chi connectivity index (χ2n) is 5.47. The van der Waals surface area contributed by atoms with Crippen LogP contribution in [0.5, 0.6) is 5.75 Å². The highest BCUT2D eigenvalue weighted by atomic mass is 16.5. The Morgan fingerprint density at radius 2 is 1.48 bits per heavy atom. The number of amides is 2. The zero-order valence-electron chi connectivity index (χ0n) is 13.1. The van der Waals surface area contributed by atoms with E-state index in [2.05, 4.69) is 0 Å². The molecule has 0 radical (unpaired) electrons. The average molecular weight is 309 g/mol. The van der Waals surface area contributed by atoms with Crippen LogP contribution in [0.3, 0.4) is 0 Å². The highest BCUT2D eigenvalue weighted by Crippen LogP contribution is 2.33. The Morgan fingerprint density at radius 3 is 2.04 bits per heavy atom. The van der Waals surface area contributed by atoms with Crippen molar-refractivity contribution < 1.29 is 14.3 Å². The van der Waals surface area contributed by atoms with Gasteiger partial charge in [-0.25, -0.2) is 0 Å². The van der Waals surface area contributed by atoms with Gasteiger partial charge in [0.1, 0.15) is 5.75 Å². The molecule has 1 heterocycles. The molecule has 1 aliphatic heterocycles. The maximum absolute atomic E-state index is 12.2. The van der Waals surface area contributed by atoms with Gasteiger partial charge in [0.05, 0.1) is 12.6 Å². The van der Waals surface area contributed by atoms with Crippen LogP contribution in [0.1, 0.15) is 36.9 Å². The van der Waals surface area contributed by atoms with Crippen molar-refractivity contribution in [3.8, 4) is 5.75 Å². The molecule has 118 valence electrons. The van der Waals surface area contributed by atoms with Crippen LogP contribution in [-0.2, 0) is 9.59 Å². The quantitative estimate of drug-likeness (QED) is 0.796. The molecule has 3 rings (SSSR count). The maximum Gasteiger partial charge on any atom is 0.230 e. The Labute approximate surface area is 135 Å². The lowest BCUT2D eigenvalue weighted by atomic mass is 9.97. The monoisotopic (exact) mass is 309 g/mol. The fourth-order valence-corrected chi connectivity index (χ4v) is 2.92. The third-order valence-electron chi connectivity index (χ3n) is 3.97. The van der Waals surface area contributed by atoms with E-state index in [4.69, 9.17) is 4.74 Å². The lowest BCUT2D eigenvalue weighted by Gasteiger charge is -2.27. The third-order valence-corrected chi connectivity index (χ3v) is 3.97. The molecule has 0 aliphatic carbocycles. The summed E-state index contributed by atoms with van der Waals surface area (Å²) < 4.78 is 5.47. The summed E-state index contributed by atoms with van der Waals surface area (Å²) in [5, 5.41) is 0. The second-order valence-corrected chi connectivity index (χ2v) is 5.47. The van der Waals surface area contributed by atoms with Crippen LogP contribution in [0.15, 0.2) is 54.6 Å². The lowest BCUT2D eigenvalue weighted by molar-refractivity contribution is -0.140. The first-order chi connectivity index (χ1) is 11.2. The van der Waals surface area contributed by atoms with Gasteiger partial charge in [0.25, 0.3) is 0 Å². The maximum atomic E-state index is 12.2. The van der Waals surface area contributed by atoms with Gasteiger partial charge in [0, 0.05) is 12.8 Å². The molecule has 2 aromatic rings. The number of carbonyl (C=O) groups is 2. The molecule has 0 saturated carbocycles. The van der Waals surface area contributed by atoms with Gasteiger partial charge in [0.15, 0.2) is 0 Å². The van der Waals surface area contributed by atoms with E-state index in [-0.39, 0.29) is 17.9 Å². The number of likely N-dealkylation sites (tertiary alicyclic amines) is 1. The topological polar surface area (TPSA) is 46.6 Å². The van der Waals surface area contributed by atoms with Gasteiger partial charge in [-0.05, 0) is 30.2 Å². The van der Waals surface area contributed by atoms with Gasteiger partial charge in [-0.1, -0.05) is 42.5 Å². The molecule has 1 unspecified atom stereocenters. The molecule has 1 saturated heterocycles. The molecule has 2 aromatic carbocycles. The van der Waals surface area contributed by atoms with Crippen molar-refractivity contribution in [1.29, 1.82) is 0 Å². The predicted octanol–water partition coefficient (Wildman–Crippen LogP) is 3.32. The normalized spacial score (nSPS) is 15.8. The Hall–Kier alpha value is -2.62. The molecule has 0 bridgehead atoms. The van der Waals surface area contributed by atoms with Gasteiger partial charge < -0.3 is 4.74 Å². The summed E-state index contributed by atoms with van der Waals surface area (Å²) in [5.41, 5.74) is 1.84. The first kappa shape index (κ1) is 15.3. The molecule has 0 aromatic heterocycles. The van der Waals surface area contributed by atoms with E-state index in [9.17, 15) is 9.59 Å². The Kier molecular flexibility index (Phi) is 4.42. The van der Waals surface area contributed by atoms with Gasteiger partial charge in [-0.3, -0.25) is 14.5 Å². The van der Waals surface area contributed by atoms with E-state index >= 15 is 0 Å². The van der Waals surface area contributed by atoms with Crippen LogP contribution in [0.25, 0.3) is 0 Å². The van der Waals surface area contributed by atoms with E-state index < -0.39 is 0 Å². The first-order valence-corrected chi connectivity index (χ1v) is 7.83. The van der Waals surface area contributed by atoms with Gasteiger partial charge in [0.2, 0.25) is 11.8 Å². The highest BCUT2D eigenvalue weighted by molar-refractivity contribution is 6.02. The number of hydrogen-bond donors (Lipinski definition) is 0. The molecule has 4 nitrogen and oxygen atoms in total. The molecular weight excluding hydrogens is 290 g/mol. The first-order valence-electron chi connectivity index (χ1n) is 7.83. The van der Waals surface area contributed by atoms with E-state index in [1.807, 2.05) is 61.5 Å². The summed E-state index contributed by atoms with van der Waals surface area (Å²) in [6.45, 7) is 2.53. The fourth-order valence-electron chi connectivity index (χ4n) is 2.92. The van der Waals surface area contributed by atoms with Crippen molar-refractivity contribution in [2.45, 2.75) is 25.8 Å². The van der Waals surface area contributed by atoms with Gasteiger partial charge in [-0.2, -0.15) is 0 Å². The van der Waals surface area contributed by atoms with Crippen LogP contribution < -0.4 is 4.74 Å². The number of nitrogens with zero attached hydrogens (tertiary/aromatic N) is 1. The van der Waals surface area contributed by atoms with Crippen LogP contribution >= 0.6 is 0 Å². The van der Waals surface area contributed by atoms with Crippen molar-refractivity contribution in [3.63, 3.8) is 0 Å². The number of ether oxygens (including phenoxy) is 1. The van der Waals surface area contributed by atoms with E-state index in [1.54, 1.807) is 0 Å². The highest BCUT2D eigenvalue weighted by Gasteiger charge is 2.36. The van der Waals surface area contributed by atoms with E-state index in [0.29, 0.717) is 19.4 Å². The Balaban J connectivity index is 2.01. The smallest absolute Gasteiger partial charge is 0.230 e. The minimum Gasteiger partial charge on any atom is -0.494 e. The summed E-state index contributed by atoms with van der Waals surface area (Å²) >= 11 is 0. The van der Waals surface area contributed by atoms with E-state index in [1.165, 1.54) is 4.90 Å². The van der Waals surface area contributed by atoms with Crippen LogP contribution in [0, 0.1) is 0 Å². The van der Waals surface area contributed by atoms with Crippen molar-refractivity contribution in [1.82, 2.24) is 4.90 Å². The fraction of sp³-hybridized carbons (Fsp3) is 0.263. The standard InChI is InChI=1S/C19H19NO3/c1-2-23-16-10-8-15(9-11-16)19(14-6-4-3-5-7-14)20-17(21)12-13-18(20)22/h3-11,19H,2,12-13H2,1H3. The molecule has 1 atom stereocenters. The zero-order valence-corrected chi connectivity index (χ0v) is 13.1. The minimum absolute atomic E-state index is 0.113. The minimum atomic E-state index is -0.380. The molecule has 1 aliphatic rings. The van der Waals surface area contributed by atoms with Crippen molar-refractivity contribution in [3.05, 3.63) is 65.7 Å². The summed E-state index contributed by atoms with van der Waals surface area (Å²) in [6, 6.07) is 16.9. The summed E-state index contributed by atoms with van der Waals surface area (Å²) in [4.78, 5) is 25.8. The summed E-state index contributed by atoms with van der Waals surface area (Å²) in [5.74, 6) is 0.553. The third kappa shape index (κ3) is 3.11. The Morgan fingerprint density at radius 1 is 0.913 bits per heavy atom. The molecule has 1 fully saturated rings. The largest absolute Gasteiger partial charge is 0.494 e. The van der Waals surface area contributed by atoms with Crippen LogP contribution in [0.4, 0.5) is 0 Å². The number of imide groups is 1. The molecule has 2 amide bonds. The van der Waals surface area contributed by atoms with Crippen molar-refractivity contribution in [2.75, 3.05) is 6.61 Å². The van der Waals surface area contributed by atoms with Crippen LogP contribution in [-0.4, -0.2) is 23.3 Å². The van der Waals surface area contributed by atoms with Gasteiger partial charge in [-0.15, -0.1) is 0 Å². The summed E-state index contributed by atoms with van der Waals surface area (Å²) in [6.07, 6.45) is 0.582. The number of carbonyl (C=O) groups excluding carboxylic acids is 2. The van der Waals surface area contributed by atoms with Crippen molar-refractivity contribution >= 4 is 11.8 Å². The second kappa shape index (κ2) is 6.65. The SMILES string of the molecule is CCOc1ccc(C(c2ccccc2)N2C(=O)CCC2=O)cc1. The van der Waals surface area contributed by atoms with Gasteiger partial charge >= 0.3 is 0 Å². The average Bonchev–Trinajstić information content (AvgIpc) is 2.90. The molecule has 4 heteroatoms. The zero-order chi connectivity index (χ0) is 16.2. The number of hydrogen-bond acceptors (Lipinski definition) is 3. The molecule has 23 heavy (non-hydrogen) atoms. The number of rotatable bonds is 5.